The van der Waals surface area contributed by atoms with Gasteiger partial charge in [-0.2, -0.15) is 0 Å². The molecule has 0 unspecified atom stereocenters. The molecular weight excluding hydrogens is 250 g/mol. The van der Waals surface area contributed by atoms with Gasteiger partial charge in [0, 0.05) is 40.0 Å². The number of hydrogen-bond acceptors (Lipinski definition) is 5. The first-order valence-corrected chi connectivity index (χ1v) is 6.85. The van der Waals surface area contributed by atoms with E-state index >= 15 is 0 Å². The summed E-state index contributed by atoms with van der Waals surface area (Å²) in [6.07, 6.45) is 2.82. The number of piperidine rings is 1. The van der Waals surface area contributed by atoms with E-state index in [2.05, 4.69) is 4.90 Å². The Balaban J connectivity index is 1.96. The third kappa shape index (κ3) is 8.15. The number of carbonyl (C=O) groups is 1. The standard InChI is InChI=1S/C13H25NO5/c1-17-8-2-9-18-10-7-14-5-3-12(4-6-14)19-11-13(15)16/h12H,2-11H2,1H3,(H,15,16). The van der Waals surface area contributed by atoms with Crippen molar-refractivity contribution in [1.29, 1.82) is 0 Å². The van der Waals surface area contributed by atoms with Gasteiger partial charge >= 0.3 is 5.97 Å². The number of hydrogen-bond donors (Lipinski definition) is 1. The first-order chi connectivity index (χ1) is 9.22. The van der Waals surface area contributed by atoms with Crippen molar-refractivity contribution in [3.63, 3.8) is 0 Å². The van der Waals surface area contributed by atoms with Gasteiger partial charge in [0.25, 0.3) is 0 Å². The van der Waals surface area contributed by atoms with Gasteiger partial charge in [-0.25, -0.2) is 4.79 Å². The summed E-state index contributed by atoms with van der Waals surface area (Å²) < 4.78 is 15.7. The Bertz CT molecular complexity index is 241. The maximum atomic E-state index is 10.4. The zero-order valence-electron chi connectivity index (χ0n) is 11.7. The Hall–Kier alpha value is -0.690. The fraction of sp³-hybridized carbons (Fsp3) is 0.923. The second-order valence-corrected chi connectivity index (χ2v) is 4.70. The van der Waals surface area contributed by atoms with Crippen molar-refractivity contribution in [2.24, 2.45) is 0 Å². The number of methoxy groups -OCH3 is 1. The normalized spacial score (nSPS) is 17.7. The van der Waals surface area contributed by atoms with Crippen molar-refractivity contribution < 1.29 is 24.1 Å². The lowest BCUT2D eigenvalue weighted by atomic mass is 10.1. The Labute approximate surface area is 114 Å². The maximum absolute atomic E-state index is 10.4. The van der Waals surface area contributed by atoms with Crippen LogP contribution in [0.2, 0.25) is 0 Å². The van der Waals surface area contributed by atoms with E-state index < -0.39 is 5.97 Å². The summed E-state index contributed by atoms with van der Waals surface area (Å²) in [6.45, 7) is 4.87. The van der Waals surface area contributed by atoms with E-state index in [1.807, 2.05) is 0 Å². The lowest BCUT2D eigenvalue weighted by molar-refractivity contribution is -0.145. The zero-order valence-corrected chi connectivity index (χ0v) is 11.7. The van der Waals surface area contributed by atoms with Crippen LogP contribution in [0.5, 0.6) is 0 Å². The molecule has 0 saturated carbocycles. The van der Waals surface area contributed by atoms with Gasteiger partial charge < -0.3 is 24.2 Å². The molecule has 1 N–H and O–H groups in total. The molecule has 0 amide bonds. The Kier molecular flexibility index (Phi) is 8.73. The number of carboxylic acid groups (broad SMARTS) is 1. The molecule has 1 heterocycles. The topological polar surface area (TPSA) is 68.2 Å². The number of likely N-dealkylation sites (tertiary alicyclic amines) is 1. The van der Waals surface area contributed by atoms with Gasteiger partial charge in [0.2, 0.25) is 0 Å². The molecule has 112 valence electrons. The molecule has 0 bridgehead atoms. The van der Waals surface area contributed by atoms with Crippen molar-refractivity contribution in [1.82, 2.24) is 4.90 Å². The molecule has 0 aromatic carbocycles. The van der Waals surface area contributed by atoms with E-state index in [-0.39, 0.29) is 12.7 Å². The number of aliphatic carboxylic acids is 1. The molecule has 0 radical (unpaired) electrons. The van der Waals surface area contributed by atoms with Crippen LogP contribution in [-0.4, -0.2) is 75.3 Å². The van der Waals surface area contributed by atoms with Gasteiger partial charge in [-0.1, -0.05) is 0 Å². The summed E-state index contributed by atoms with van der Waals surface area (Å²) >= 11 is 0. The number of rotatable bonds is 10. The van der Waals surface area contributed by atoms with Crippen LogP contribution in [-0.2, 0) is 19.0 Å². The molecule has 19 heavy (non-hydrogen) atoms. The van der Waals surface area contributed by atoms with Gasteiger partial charge in [0.15, 0.2) is 0 Å². The highest BCUT2D eigenvalue weighted by Gasteiger charge is 2.19. The van der Waals surface area contributed by atoms with E-state index in [9.17, 15) is 4.79 Å². The van der Waals surface area contributed by atoms with E-state index in [0.29, 0.717) is 0 Å². The maximum Gasteiger partial charge on any atom is 0.329 e. The largest absolute Gasteiger partial charge is 0.480 e. The van der Waals surface area contributed by atoms with Crippen molar-refractivity contribution in [2.75, 3.05) is 53.2 Å². The summed E-state index contributed by atoms with van der Waals surface area (Å²) in [5.74, 6) is -0.896. The molecule has 0 aromatic rings. The van der Waals surface area contributed by atoms with Crippen molar-refractivity contribution in [3.8, 4) is 0 Å². The average molecular weight is 275 g/mol. The van der Waals surface area contributed by atoms with Gasteiger partial charge in [0.05, 0.1) is 12.7 Å². The Morgan fingerprint density at radius 3 is 2.63 bits per heavy atom. The molecular formula is C13H25NO5. The van der Waals surface area contributed by atoms with Gasteiger partial charge in [-0.15, -0.1) is 0 Å². The smallest absolute Gasteiger partial charge is 0.329 e. The summed E-state index contributed by atoms with van der Waals surface area (Å²) in [5, 5.41) is 8.54. The minimum atomic E-state index is -0.896. The van der Waals surface area contributed by atoms with Crippen LogP contribution in [0.15, 0.2) is 0 Å². The molecule has 6 nitrogen and oxygen atoms in total. The fourth-order valence-electron chi connectivity index (χ4n) is 2.09. The molecule has 1 aliphatic heterocycles. The highest BCUT2D eigenvalue weighted by Crippen LogP contribution is 2.13. The van der Waals surface area contributed by atoms with Gasteiger partial charge in [-0.3, -0.25) is 0 Å². The van der Waals surface area contributed by atoms with Crippen LogP contribution in [0.4, 0.5) is 0 Å². The fourth-order valence-corrected chi connectivity index (χ4v) is 2.09. The quantitative estimate of drug-likeness (QED) is 0.589. The van der Waals surface area contributed by atoms with Crippen molar-refractivity contribution >= 4 is 5.97 Å². The van der Waals surface area contributed by atoms with Crippen LogP contribution >= 0.6 is 0 Å². The van der Waals surface area contributed by atoms with Crippen LogP contribution in [0.1, 0.15) is 19.3 Å². The van der Waals surface area contributed by atoms with Gasteiger partial charge in [0.1, 0.15) is 6.61 Å². The summed E-state index contributed by atoms with van der Waals surface area (Å²) in [6, 6.07) is 0. The van der Waals surface area contributed by atoms with Crippen LogP contribution in [0.3, 0.4) is 0 Å². The summed E-state index contributed by atoms with van der Waals surface area (Å²) in [4.78, 5) is 12.7. The molecule has 0 atom stereocenters. The van der Waals surface area contributed by atoms with E-state index in [4.69, 9.17) is 19.3 Å². The Morgan fingerprint density at radius 1 is 1.26 bits per heavy atom. The molecule has 0 aromatic heterocycles. The molecule has 0 aliphatic carbocycles. The molecule has 6 heteroatoms. The summed E-state index contributed by atoms with van der Waals surface area (Å²) in [5.41, 5.74) is 0. The Morgan fingerprint density at radius 2 is 2.00 bits per heavy atom. The lowest BCUT2D eigenvalue weighted by Gasteiger charge is -2.31. The monoisotopic (exact) mass is 275 g/mol. The van der Waals surface area contributed by atoms with Crippen LogP contribution < -0.4 is 0 Å². The molecule has 1 fully saturated rings. The first-order valence-electron chi connectivity index (χ1n) is 6.85. The molecule has 1 saturated heterocycles. The number of ether oxygens (including phenoxy) is 3. The van der Waals surface area contributed by atoms with E-state index in [1.165, 1.54) is 0 Å². The highest BCUT2D eigenvalue weighted by atomic mass is 16.5. The minimum Gasteiger partial charge on any atom is -0.480 e. The average Bonchev–Trinajstić information content (AvgIpc) is 2.41. The SMILES string of the molecule is COCCCOCCN1CCC(OCC(=O)O)CC1. The van der Waals surface area contributed by atoms with Crippen molar-refractivity contribution in [3.05, 3.63) is 0 Å². The predicted molar refractivity (Wildman–Crippen MR) is 70.4 cm³/mol. The summed E-state index contributed by atoms with van der Waals surface area (Å²) in [7, 11) is 1.69. The van der Waals surface area contributed by atoms with Crippen LogP contribution in [0, 0.1) is 0 Å². The zero-order chi connectivity index (χ0) is 13.9. The van der Waals surface area contributed by atoms with Gasteiger partial charge in [-0.05, 0) is 19.3 Å². The third-order valence-corrected chi connectivity index (χ3v) is 3.17. The number of carboxylic acids is 1. The first kappa shape index (κ1) is 16.4. The molecule has 0 spiro atoms. The second-order valence-electron chi connectivity index (χ2n) is 4.70. The highest BCUT2D eigenvalue weighted by molar-refractivity contribution is 5.68. The van der Waals surface area contributed by atoms with Crippen molar-refractivity contribution in [2.45, 2.75) is 25.4 Å². The predicted octanol–water partition coefficient (Wildman–Crippen LogP) is 0.605. The number of nitrogens with zero attached hydrogens (tertiary/aromatic N) is 1. The minimum absolute atomic E-state index is 0.0926. The lowest BCUT2D eigenvalue weighted by Crippen LogP contribution is -2.39. The van der Waals surface area contributed by atoms with Crippen LogP contribution in [0.25, 0.3) is 0 Å². The van der Waals surface area contributed by atoms with E-state index in [1.54, 1.807) is 7.11 Å². The molecule has 1 aliphatic rings. The molecule has 1 rings (SSSR count). The third-order valence-electron chi connectivity index (χ3n) is 3.17. The van der Waals surface area contributed by atoms with E-state index in [0.717, 1.165) is 58.7 Å². The second kappa shape index (κ2) is 10.1.